The highest BCUT2D eigenvalue weighted by molar-refractivity contribution is 7.86. The van der Waals surface area contributed by atoms with Gasteiger partial charge < -0.3 is 0 Å². The maximum absolute atomic E-state index is 11.5. The van der Waals surface area contributed by atoms with Crippen LogP contribution in [0.2, 0.25) is 0 Å². The van der Waals surface area contributed by atoms with Crippen molar-refractivity contribution < 1.29 is 17.5 Å². The zero-order valence-electron chi connectivity index (χ0n) is 12.6. The van der Waals surface area contributed by atoms with E-state index in [-0.39, 0.29) is 18.0 Å². The van der Waals surface area contributed by atoms with E-state index in [2.05, 4.69) is 17.1 Å². The summed E-state index contributed by atoms with van der Waals surface area (Å²) in [6.45, 7) is 2.21. The molecule has 0 fully saturated rings. The molecule has 5 nitrogen and oxygen atoms in total. The Morgan fingerprint density at radius 3 is 1.90 bits per heavy atom. The quantitative estimate of drug-likeness (QED) is 0.393. The van der Waals surface area contributed by atoms with E-state index in [0.717, 1.165) is 19.3 Å². The fourth-order valence-electron chi connectivity index (χ4n) is 2.04. The van der Waals surface area contributed by atoms with Gasteiger partial charge in [0, 0.05) is 12.8 Å². The van der Waals surface area contributed by atoms with Gasteiger partial charge in [-0.3, -0.25) is 4.79 Å². The van der Waals surface area contributed by atoms with Crippen LogP contribution in [0.1, 0.15) is 77.6 Å². The summed E-state index contributed by atoms with van der Waals surface area (Å²) in [5.74, 6) is 4.24. The molecule has 2 N–H and O–H groups in total. The Bertz CT molecular complexity index is 341. The molecule has 0 aliphatic carbocycles. The molecule has 0 radical (unpaired) electrons. The lowest BCUT2D eigenvalue weighted by Gasteiger charge is -2.02. The van der Waals surface area contributed by atoms with Crippen LogP contribution in [0, 0.1) is 0 Å². The van der Waals surface area contributed by atoms with Gasteiger partial charge in [-0.2, -0.15) is 18.6 Å². The maximum Gasteiger partial charge on any atom is 0.283 e. The van der Waals surface area contributed by atoms with Gasteiger partial charge in [0.05, 0.1) is 5.75 Å². The van der Waals surface area contributed by atoms with E-state index >= 15 is 0 Å². The van der Waals surface area contributed by atoms with Gasteiger partial charge in [-0.1, -0.05) is 58.3 Å². The first-order valence-electron chi connectivity index (χ1n) is 7.64. The molecule has 6 heteroatoms. The number of carbonyl (C=O) groups excluding carboxylic acids is 1. The summed E-state index contributed by atoms with van der Waals surface area (Å²) in [5.41, 5.74) is 0. The van der Waals surface area contributed by atoms with Crippen molar-refractivity contribution in [1.29, 1.82) is 0 Å². The monoisotopic (exact) mass is 307 g/mol. The minimum atomic E-state index is -3.71. The molecule has 0 unspecified atom stereocenters. The molecule has 0 spiro atoms. The summed E-state index contributed by atoms with van der Waals surface area (Å²) in [5, 5.41) is 0. The third-order valence-corrected chi connectivity index (χ3v) is 4.33. The number of hydrogen-bond acceptors (Lipinski definition) is 5. The third-order valence-electron chi connectivity index (χ3n) is 3.34. The van der Waals surface area contributed by atoms with Crippen LogP contribution in [-0.4, -0.2) is 20.0 Å². The summed E-state index contributed by atoms with van der Waals surface area (Å²) < 4.78 is 25.7. The molecule has 0 rings (SSSR count). The van der Waals surface area contributed by atoms with E-state index in [1.165, 1.54) is 38.5 Å². The Labute approximate surface area is 123 Å². The zero-order chi connectivity index (χ0) is 15.3. The van der Waals surface area contributed by atoms with Gasteiger partial charge in [0.2, 0.25) is 0 Å². The van der Waals surface area contributed by atoms with E-state index in [9.17, 15) is 13.2 Å². The fraction of sp³-hybridized carbons (Fsp3) is 0.929. The van der Waals surface area contributed by atoms with Gasteiger partial charge in [0.1, 0.15) is 5.78 Å². The van der Waals surface area contributed by atoms with Crippen molar-refractivity contribution >= 4 is 15.9 Å². The van der Waals surface area contributed by atoms with Gasteiger partial charge in [0.25, 0.3) is 10.1 Å². The van der Waals surface area contributed by atoms with Crippen LogP contribution in [-0.2, 0) is 19.2 Å². The van der Waals surface area contributed by atoms with Crippen LogP contribution in [0.25, 0.3) is 0 Å². The molecular weight excluding hydrogens is 278 g/mol. The molecule has 0 heterocycles. The van der Waals surface area contributed by atoms with Crippen LogP contribution in [0.4, 0.5) is 0 Å². The van der Waals surface area contributed by atoms with Gasteiger partial charge in [0.15, 0.2) is 0 Å². The fourth-order valence-corrected chi connectivity index (χ4v) is 2.62. The largest absolute Gasteiger partial charge is 0.300 e. The minimum Gasteiger partial charge on any atom is -0.300 e. The lowest BCUT2D eigenvalue weighted by molar-refractivity contribution is -0.118. The number of unbranched alkanes of at least 4 members (excludes halogenated alkanes) is 8. The molecule has 120 valence electrons. The smallest absolute Gasteiger partial charge is 0.283 e. The van der Waals surface area contributed by atoms with Crippen LogP contribution >= 0.6 is 0 Å². The molecule has 0 aliphatic rings. The molecule has 0 amide bonds. The van der Waals surface area contributed by atoms with Crippen molar-refractivity contribution in [2.45, 2.75) is 77.6 Å². The van der Waals surface area contributed by atoms with E-state index in [1.807, 2.05) is 0 Å². The minimum absolute atomic E-state index is 0.00342. The van der Waals surface area contributed by atoms with Crippen LogP contribution < -0.4 is 5.90 Å². The Hall–Kier alpha value is -0.460. The standard InChI is InChI=1S/C14H29NO4S/c1-2-3-4-5-6-7-8-9-10-11-14(16)12-13-20(17,18)19-15/h2-13,15H2,1H3. The number of nitrogens with two attached hydrogens (primary N) is 1. The average molecular weight is 307 g/mol. The SMILES string of the molecule is CCCCCCCCCCCC(=O)CCS(=O)(=O)ON. The summed E-state index contributed by atoms with van der Waals surface area (Å²) in [6, 6.07) is 0. The highest BCUT2D eigenvalue weighted by Gasteiger charge is 2.12. The van der Waals surface area contributed by atoms with Crippen molar-refractivity contribution in [3.63, 3.8) is 0 Å². The van der Waals surface area contributed by atoms with Crippen molar-refractivity contribution in [2.24, 2.45) is 5.90 Å². The van der Waals surface area contributed by atoms with Crippen molar-refractivity contribution in [3.8, 4) is 0 Å². The van der Waals surface area contributed by atoms with Crippen molar-refractivity contribution in [2.75, 3.05) is 5.75 Å². The molecule has 0 saturated heterocycles. The molecule has 0 aliphatic heterocycles. The molecule has 0 bridgehead atoms. The molecule has 0 aromatic carbocycles. The Morgan fingerprint density at radius 1 is 0.900 bits per heavy atom. The second-order valence-corrected chi connectivity index (χ2v) is 6.94. The Balaban J connectivity index is 3.36. The lowest BCUT2D eigenvalue weighted by Crippen LogP contribution is -2.17. The van der Waals surface area contributed by atoms with Crippen molar-refractivity contribution in [1.82, 2.24) is 0 Å². The topological polar surface area (TPSA) is 86.5 Å². The molecular formula is C14H29NO4S. The number of hydrogen-bond donors (Lipinski definition) is 1. The van der Waals surface area contributed by atoms with E-state index in [1.54, 1.807) is 0 Å². The van der Waals surface area contributed by atoms with Crippen LogP contribution in [0.15, 0.2) is 0 Å². The number of Topliss-reactive ketones (excluding diaryl/α,β-unsaturated/α-hetero) is 1. The lowest BCUT2D eigenvalue weighted by atomic mass is 10.1. The normalized spacial score (nSPS) is 11.7. The Kier molecular flexibility index (Phi) is 12.0. The van der Waals surface area contributed by atoms with Gasteiger partial charge in [-0.05, 0) is 6.42 Å². The number of rotatable bonds is 14. The third kappa shape index (κ3) is 12.6. The zero-order valence-corrected chi connectivity index (χ0v) is 13.4. The predicted octanol–water partition coefficient (Wildman–Crippen LogP) is 3.09. The summed E-state index contributed by atoms with van der Waals surface area (Å²) >= 11 is 0. The second-order valence-electron chi connectivity index (χ2n) is 5.23. The van der Waals surface area contributed by atoms with Crippen LogP contribution in [0.3, 0.4) is 0 Å². The highest BCUT2D eigenvalue weighted by atomic mass is 32.2. The molecule has 0 saturated carbocycles. The summed E-state index contributed by atoms with van der Waals surface area (Å²) in [4.78, 5) is 11.5. The first-order chi connectivity index (χ1) is 9.52. The first-order valence-corrected chi connectivity index (χ1v) is 9.22. The highest BCUT2D eigenvalue weighted by Crippen LogP contribution is 2.11. The van der Waals surface area contributed by atoms with E-state index < -0.39 is 10.1 Å². The molecule has 0 aromatic rings. The summed E-state index contributed by atoms with van der Waals surface area (Å²) in [6.07, 6.45) is 11.2. The second kappa shape index (κ2) is 12.3. The maximum atomic E-state index is 11.5. The van der Waals surface area contributed by atoms with E-state index in [4.69, 9.17) is 0 Å². The average Bonchev–Trinajstić information content (AvgIpc) is 2.43. The van der Waals surface area contributed by atoms with Crippen molar-refractivity contribution in [3.05, 3.63) is 0 Å². The number of carbonyl (C=O) groups is 1. The van der Waals surface area contributed by atoms with Crippen LogP contribution in [0.5, 0.6) is 0 Å². The van der Waals surface area contributed by atoms with Gasteiger partial charge in [-0.15, -0.1) is 0 Å². The molecule has 0 atom stereocenters. The molecule has 0 aromatic heterocycles. The van der Waals surface area contributed by atoms with Gasteiger partial charge in [-0.25, -0.2) is 0 Å². The van der Waals surface area contributed by atoms with E-state index in [0.29, 0.717) is 6.42 Å². The summed E-state index contributed by atoms with van der Waals surface area (Å²) in [7, 11) is -3.71. The number of ketones is 1. The van der Waals surface area contributed by atoms with Gasteiger partial charge >= 0.3 is 0 Å². The first kappa shape index (κ1) is 19.5. The Morgan fingerprint density at radius 2 is 1.40 bits per heavy atom. The molecule has 20 heavy (non-hydrogen) atoms. The predicted molar refractivity (Wildman–Crippen MR) is 80.5 cm³/mol.